The first kappa shape index (κ1) is 20.1. The first-order chi connectivity index (χ1) is 14.0. The van der Waals surface area contributed by atoms with Gasteiger partial charge in [-0.3, -0.25) is 14.6 Å². The number of carbonyl (C=O) groups excluding carboxylic acids is 2. The standard InChI is InChI=1S/C22H19F2N3O2/c1-2-27(14-15-7-4-3-5-8-15)22(29)19-13-16(11-12-25-19)21(28)26-20-17(23)9-6-10-18(20)24/h3-13H,2,14H2,1H3,(H,26,28). The number of anilines is 1. The van der Waals surface area contributed by atoms with Crippen molar-refractivity contribution in [2.45, 2.75) is 13.5 Å². The molecule has 0 bridgehead atoms. The summed E-state index contributed by atoms with van der Waals surface area (Å²) in [5.74, 6) is -2.85. The van der Waals surface area contributed by atoms with Crippen LogP contribution in [0.25, 0.3) is 0 Å². The summed E-state index contributed by atoms with van der Waals surface area (Å²) < 4.78 is 27.5. The van der Waals surface area contributed by atoms with Crippen LogP contribution in [-0.2, 0) is 6.54 Å². The molecule has 0 aliphatic rings. The summed E-state index contributed by atoms with van der Waals surface area (Å²) in [4.78, 5) is 30.9. The lowest BCUT2D eigenvalue weighted by Gasteiger charge is -2.20. The predicted molar refractivity (Wildman–Crippen MR) is 105 cm³/mol. The second kappa shape index (κ2) is 9.05. The number of halogens is 2. The van der Waals surface area contributed by atoms with Gasteiger partial charge in [0, 0.05) is 24.8 Å². The van der Waals surface area contributed by atoms with Gasteiger partial charge in [0.2, 0.25) is 0 Å². The molecule has 0 fully saturated rings. The van der Waals surface area contributed by atoms with Gasteiger partial charge in [0.15, 0.2) is 0 Å². The van der Waals surface area contributed by atoms with Crippen LogP contribution in [0.15, 0.2) is 66.9 Å². The number of pyridine rings is 1. The zero-order valence-corrected chi connectivity index (χ0v) is 15.7. The Morgan fingerprint density at radius 2 is 1.69 bits per heavy atom. The SMILES string of the molecule is CCN(Cc1ccccc1)C(=O)c1cc(C(=O)Nc2c(F)cccc2F)ccn1. The summed E-state index contributed by atoms with van der Waals surface area (Å²) in [6.45, 7) is 2.69. The molecule has 1 heterocycles. The van der Waals surface area contributed by atoms with Crippen molar-refractivity contribution in [2.24, 2.45) is 0 Å². The summed E-state index contributed by atoms with van der Waals surface area (Å²) in [6.07, 6.45) is 1.32. The average molecular weight is 395 g/mol. The zero-order valence-electron chi connectivity index (χ0n) is 15.7. The van der Waals surface area contributed by atoms with E-state index in [1.54, 1.807) is 4.90 Å². The molecule has 5 nitrogen and oxygen atoms in total. The van der Waals surface area contributed by atoms with Gasteiger partial charge in [0.05, 0.1) is 0 Å². The molecule has 148 valence electrons. The molecule has 7 heteroatoms. The fourth-order valence-corrected chi connectivity index (χ4v) is 2.78. The van der Waals surface area contributed by atoms with E-state index < -0.39 is 23.2 Å². The number of hydrogen-bond acceptors (Lipinski definition) is 3. The van der Waals surface area contributed by atoms with Gasteiger partial charge in [-0.1, -0.05) is 36.4 Å². The van der Waals surface area contributed by atoms with Gasteiger partial charge < -0.3 is 10.2 Å². The first-order valence-corrected chi connectivity index (χ1v) is 9.04. The Balaban J connectivity index is 1.79. The third kappa shape index (κ3) is 4.82. The van der Waals surface area contributed by atoms with E-state index in [2.05, 4.69) is 10.3 Å². The highest BCUT2D eigenvalue weighted by molar-refractivity contribution is 6.05. The van der Waals surface area contributed by atoms with Crippen LogP contribution in [0.5, 0.6) is 0 Å². The molecule has 0 aliphatic heterocycles. The van der Waals surface area contributed by atoms with Crippen molar-refractivity contribution < 1.29 is 18.4 Å². The zero-order chi connectivity index (χ0) is 20.8. The Hall–Kier alpha value is -3.61. The lowest BCUT2D eigenvalue weighted by atomic mass is 10.1. The Bertz CT molecular complexity index is 1010. The highest BCUT2D eigenvalue weighted by atomic mass is 19.1. The average Bonchev–Trinajstić information content (AvgIpc) is 2.75. The van der Waals surface area contributed by atoms with Crippen molar-refractivity contribution in [1.82, 2.24) is 9.88 Å². The van der Waals surface area contributed by atoms with Gasteiger partial charge in [-0.25, -0.2) is 8.78 Å². The molecule has 3 aromatic rings. The number of hydrogen-bond donors (Lipinski definition) is 1. The molecule has 1 N–H and O–H groups in total. The van der Waals surface area contributed by atoms with Crippen molar-refractivity contribution in [3.05, 3.63) is 95.3 Å². The van der Waals surface area contributed by atoms with E-state index in [-0.39, 0.29) is 17.2 Å². The van der Waals surface area contributed by atoms with Crippen LogP contribution in [0.2, 0.25) is 0 Å². The minimum Gasteiger partial charge on any atom is -0.333 e. The summed E-state index contributed by atoms with van der Waals surface area (Å²) in [6, 6.07) is 15.5. The Morgan fingerprint density at radius 3 is 2.34 bits per heavy atom. The lowest BCUT2D eigenvalue weighted by Crippen LogP contribution is -2.31. The van der Waals surface area contributed by atoms with Gasteiger partial charge in [0.1, 0.15) is 23.0 Å². The van der Waals surface area contributed by atoms with Crippen LogP contribution in [0.4, 0.5) is 14.5 Å². The normalized spacial score (nSPS) is 10.4. The molecule has 2 aromatic carbocycles. The molecule has 0 radical (unpaired) electrons. The number of amides is 2. The van der Waals surface area contributed by atoms with E-state index in [1.165, 1.54) is 24.4 Å². The second-order valence-corrected chi connectivity index (χ2v) is 6.29. The minimum atomic E-state index is -0.885. The molecule has 2 amide bonds. The maximum atomic E-state index is 13.8. The third-order valence-electron chi connectivity index (χ3n) is 4.33. The number of rotatable bonds is 6. The monoisotopic (exact) mass is 395 g/mol. The maximum absolute atomic E-state index is 13.8. The van der Waals surface area contributed by atoms with Gasteiger partial charge in [0.25, 0.3) is 11.8 Å². The molecule has 0 unspecified atom stereocenters. The van der Waals surface area contributed by atoms with E-state index in [0.717, 1.165) is 17.7 Å². The topological polar surface area (TPSA) is 62.3 Å². The minimum absolute atomic E-state index is 0.0711. The van der Waals surface area contributed by atoms with Crippen molar-refractivity contribution in [3.8, 4) is 0 Å². The van der Waals surface area contributed by atoms with E-state index in [1.807, 2.05) is 37.3 Å². The molecule has 0 saturated carbocycles. The quantitative estimate of drug-likeness (QED) is 0.678. The van der Waals surface area contributed by atoms with Gasteiger partial charge in [-0.05, 0) is 36.8 Å². The van der Waals surface area contributed by atoms with Crippen molar-refractivity contribution in [2.75, 3.05) is 11.9 Å². The maximum Gasteiger partial charge on any atom is 0.272 e. The molecule has 0 spiro atoms. The lowest BCUT2D eigenvalue weighted by molar-refractivity contribution is 0.0746. The fraction of sp³-hybridized carbons (Fsp3) is 0.136. The molecular weight excluding hydrogens is 376 g/mol. The van der Waals surface area contributed by atoms with Crippen molar-refractivity contribution >= 4 is 17.5 Å². The summed E-state index contributed by atoms with van der Waals surface area (Å²) in [7, 11) is 0. The molecule has 0 saturated heterocycles. The number of carbonyl (C=O) groups is 2. The fourth-order valence-electron chi connectivity index (χ4n) is 2.78. The Labute approximate surface area is 167 Å². The third-order valence-corrected chi connectivity index (χ3v) is 4.33. The summed E-state index contributed by atoms with van der Waals surface area (Å²) >= 11 is 0. The molecular formula is C22H19F2N3O2. The predicted octanol–water partition coefficient (Wildman–Crippen LogP) is 4.27. The van der Waals surface area contributed by atoms with Gasteiger partial charge in [-0.2, -0.15) is 0 Å². The number of aromatic nitrogens is 1. The van der Waals surface area contributed by atoms with Crippen molar-refractivity contribution in [3.63, 3.8) is 0 Å². The Kier molecular flexibility index (Phi) is 6.29. The highest BCUT2D eigenvalue weighted by Gasteiger charge is 2.19. The summed E-state index contributed by atoms with van der Waals surface area (Å²) in [5.41, 5.74) is 0.569. The van der Waals surface area contributed by atoms with E-state index in [4.69, 9.17) is 0 Å². The number of nitrogens with zero attached hydrogens (tertiary/aromatic N) is 2. The molecule has 0 atom stereocenters. The number of nitrogens with one attached hydrogen (secondary N) is 1. The highest BCUT2D eigenvalue weighted by Crippen LogP contribution is 2.19. The van der Waals surface area contributed by atoms with Crippen LogP contribution >= 0.6 is 0 Å². The molecule has 1 aromatic heterocycles. The van der Waals surface area contributed by atoms with Crippen LogP contribution < -0.4 is 5.32 Å². The second-order valence-electron chi connectivity index (χ2n) is 6.29. The Morgan fingerprint density at radius 1 is 1.00 bits per heavy atom. The van der Waals surface area contributed by atoms with Crippen LogP contribution in [0.3, 0.4) is 0 Å². The van der Waals surface area contributed by atoms with Crippen LogP contribution in [0, 0.1) is 11.6 Å². The summed E-state index contributed by atoms with van der Waals surface area (Å²) in [5, 5.41) is 2.20. The number of para-hydroxylation sites is 1. The first-order valence-electron chi connectivity index (χ1n) is 9.04. The van der Waals surface area contributed by atoms with Crippen molar-refractivity contribution in [1.29, 1.82) is 0 Å². The van der Waals surface area contributed by atoms with Gasteiger partial charge in [-0.15, -0.1) is 0 Å². The van der Waals surface area contributed by atoms with Crippen LogP contribution in [0.1, 0.15) is 33.3 Å². The van der Waals surface area contributed by atoms with E-state index in [9.17, 15) is 18.4 Å². The van der Waals surface area contributed by atoms with E-state index in [0.29, 0.717) is 13.1 Å². The number of benzene rings is 2. The molecule has 29 heavy (non-hydrogen) atoms. The molecule has 3 rings (SSSR count). The smallest absolute Gasteiger partial charge is 0.272 e. The van der Waals surface area contributed by atoms with Gasteiger partial charge >= 0.3 is 0 Å². The van der Waals surface area contributed by atoms with E-state index >= 15 is 0 Å². The molecule has 0 aliphatic carbocycles. The largest absolute Gasteiger partial charge is 0.333 e. The van der Waals surface area contributed by atoms with Crippen LogP contribution in [-0.4, -0.2) is 28.2 Å².